The molecule has 0 aliphatic rings. The Morgan fingerprint density at radius 1 is 1.24 bits per heavy atom. The highest BCUT2D eigenvalue weighted by Crippen LogP contribution is 2.22. The molecule has 1 aromatic carbocycles. The molecule has 0 heterocycles. The first-order chi connectivity index (χ1) is 9.55. The van der Waals surface area contributed by atoms with Crippen LogP contribution in [0.4, 0.5) is 0 Å². The molecule has 0 saturated carbocycles. The molecule has 0 bridgehead atoms. The summed E-state index contributed by atoms with van der Waals surface area (Å²) < 4.78 is 24.1. The predicted molar refractivity (Wildman–Crippen MR) is 78.0 cm³/mol. The molecule has 21 heavy (non-hydrogen) atoms. The fourth-order valence-electron chi connectivity index (χ4n) is 1.65. The Morgan fingerprint density at radius 3 is 2.24 bits per heavy atom. The zero-order chi connectivity index (χ0) is 16.4. The number of rotatable bonds is 5. The van der Waals surface area contributed by atoms with Crippen LogP contribution in [0.2, 0.25) is 0 Å². The Labute approximate surface area is 124 Å². The molecule has 0 spiro atoms. The van der Waals surface area contributed by atoms with Crippen LogP contribution in [0.1, 0.15) is 31.1 Å². The molecule has 1 rings (SSSR count). The van der Waals surface area contributed by atoms with Gasteiger partial charge in [-0.2, -0.15) is 0 Å². The van der Waals surface area contributed by atoms with Crippen LogP contribution in [0.25, 0.3) is 0 Å². The molecule has 1 N–H and O–H groups in total. The van der Waals surface area contributed by atoms with E-state index < -0.39 is 27.3 Å². The van der Waals surface area contributed by atoms with Gasteiger partial charge in [-0.25, -0.2) is 13.2 Å². The molecule has 7 heteroatoms. The molecule has 0 aliphatic heterocycles. The Hall–Kier alpha value is -1.89. The Bertz CT molecular complexity index is 664. The van der Waals surface area contributed by atoms with Gasteiger partial charge in [0.2, 0.25) is 0 Å². The lowest BCUT2D eigenvalue weighted by atomic mass is 10.0. The SMILES string of the molecule is CCS(=O)(=O)c1ccccc1C(=O)N(C)C(C)(C)C(=O)O. The summed E-state index contributed by atoms with van der Waals surface area (Å²) in [6.07, 6.45) is 0. The molecular weight excluding hydrogens is 294 g/mol. The zero-order valence-corrected chi connectivity index (χ0v) is 13.3. The largest absolute Gasteiger partial charge is 0.480 e. The number of amides is 1. The van der Waals surface area contributed by atoms with Crippen LogP contribution in [-0.2, 0) is 14.6 Å². The molecule has 0 unspecified atom stereocenters. The lowest BCUT2D eigenvalue weighted by Gasteiger charge is -2.32. The molecule has 1 aromatic rings. The van der Waals surface area contributed by atoms with E-state index >= 15 is 0 Å². The van der Waals surface area contributed by atoms with Crippen LogP contribution >= 0.6 is 0 Å². The van der Waals surface area contributed by atoms with Gasteiger partial charge in [-0.05, 0) is 26.0 Å². The van der Waals surface area contributed by atoms with Crippen molar-refractivity contribution in [3.63, 3.8) is 0 Å². The highest BCUT2D eigenvalue weighted by molar-refractivity contribution is 7.91. The number of carbonyl (C=O) groups excluding carboxylic acids is 1. The van der Waals surface area contributed by atoms with Crippen molar-refractivity contribution in [1.29, 1.82) is 0 Å². The highest BCUT2D eigenvalue weighted by atomic mass is 32.2. The van der Waals surface area contributed by atoms with Gasteiger partial charge in [0, 0.05) is 7.05 Å². The maximum Gasteiger partial charge on any atom is 0.329 e. The van der Waals surface area contributed by atoms with Crippen LogP contribution in [0.15, 0.2) is 29.2 Å². The van der Waals surface area contributed by atoms with Gasteiger partial charge >= 0.3 is 5.97 Å². The fourth-order valence-corrected chi connectivity index (χ4v) is 2.74. The van der Waals surface area contributed by atoms with Crippen LogP contribution in [0.3, 0.4) is 0 Å². The first-order valence-corrected chi connectivity index (χ1v) is 8.04. The van der Waals surface area contributed by atoms with Gasteiger partial charge < -0.3 is 10.0 Å². The number of nitrogens with zero attached hydrogens (tertiary/aromatic N) is 1. The van der Waals surface area contributed by atoms with E-state index in [4.69, 9.17) is 0 Å². The van der Waals surface area contributed by atoms with Gasteiger partial charge in [0.1, 0.15) is 5.54 Å². The highest BCUT2D eigenvalue weighted by Gasteiger charge is 2.37. The van der Waals surface area contributed by atoms with E-state index in [2.05, 4.69) is 0 Å². The number of carboxylic acids is 1. The average Bonchev–Trinajstić information content (AvgIpc) is 2.45. The van der Waals surface area contributed by atoms with Gasteiger partial charge in [-0.3, -0.25) is 4.79 Å². The Morgan fingerprint density at radius 2 is 1.76 bits per heavy atom. The van der Waals surface area contributed by atoms with E-state index in [0.29, 0.717) is 0 Å². The van der Waals surface area contributed by atoms with Crippen molar-refractivity contribution >= 4 is 21.7 Å². The van der Waals surface area contributed by atoms with Gasteiger partial charge in [0.15, 0.2) is 9.84 Å². The third kappa shape index (κ3) is 3.24. The number of benzene rings is 1. The predicted octanol–water partition coefficient (Wildman–Crippen LogP) is 1.42. The molecule has 0 atom stereocenters. The molecule has 0 radical (unpaired) electrons. The number of carbonyl (C=O) groups is 2. The molecule has 0 aromatic heterocycles. The summed E-state index contributed by atoms with van der Waals surface area (Å²) >= 11 is 0. The second-order valence-corrected chi connectivity index (χ2v) is 7.37. The van der Waals surface area contributed by atoms with E-state index in [9.17, 15) is 23.1 Å². The topological polar surface area (TPSA) is 91.8 Å². The number of carboxylic acid groups (broad SMARTS) is 1. The summed E-state index contributed by atoms with van der Waals surface area (Å²) in [5.41, 5.74) is -1.46. The van der Waals surface area contributed by atoms with E-state index in [1.807, 2.05) is 0 Å². The first-order valence-electron chi connectivity index (χ1n) is 6.39. The van der Waals surface area contributed by atoms with Crippen molar-refractivity contribution in [1.82, 2.24) is 4.90 Å². The maximum absolute atomic E-state index is 12.5. The zero-order valence-electron chi connectivity index (χ0n) is 12.5. The van der Waals surface area contributed by atoms with Crippen LogP contribution < -0.4 is 0 Å². The summed E-state index contributed by atoms with van der Waals surface area (Å²) in [4.78, 5) is 24.7. The van der Waals surface area contributed by atoms with Crippen LogP contribution in [-0.4, -0.2) is 48.6 Å². The molecule has 0 saturated heterocycles. The monoisotopic (exact) mass is 313 g/mol. The summed E-state index contributed by atoms with van der Waals surface area (Å²) in [5, 5.41) is 9.17. The van der Waals surface area contributed by atoms with Crippen molar-refractivity contribution in [2.24, 2.45) is 0 Å². The van der Waals surface area contributed by atoms with Crippen molar-refractivity contribution in [2.75, 3.05) is 12.8 Å². The van der Waals surface area contributed by atoms with Crippen LogP contribution in [0, 0.1) is 0 Å². The number of hydrogen-bond acceptors (Lipinski definition) is 4. The summed E-state index contributed by atoms with van der Waals surface area (Å²) in [7, 11) is -2.23. The van der Waals surface area contributed by atoms with Gasteiger partial charge in [0.25, 0.3) is 5.91 Å². The van der Waals surface area contributed by atoms with E-state index in [1.165, 1.54) is 46.0 Å². The lowest BCUT2D eigenvalue weighted by Crippen LogP contribution is -2.51. The van der Waals surface area contributed by atoms with E-state index in [-0.39, 0.29) is 16.2 Å². The van der Waals surface area contributed by atoms with Gasteiger partial charge in [0.05, 0.1) is 16.2 Å². The van der Waals surface area contributed by atoms with Crippen molar-refractivity contribution in [3.05, 3.63) is 29.8 Å². The Kier molecular flexibility index (Phi) is 4.78. The standard InChI is InChI=1S/C14H19NO5S/c1-5-21(19,20)11-9-7-6-8-10(11)12(16)15(4)14(2,3)13(17)18/h6-9H,5H2,1-4H3,(H,17,18). The van der Waals surface area contributed by atoms with E-state index in [0.717, 1.165) is 4.90 Å². The number of hydrogen-bond donors (Lipinski definition) is 1. The molecular formula is C14H19NO5S. The minimum absolute atomic E-state index is 0.0174. The van der Waals surface area contributed by atoms with Crippen LogP contribution in [0.5, 0.6) is 0 Å². The van der Waals surface area contributed by atoms with Crippen molar-refractivity contribution in [2.45, 2.75) is 31.2 Å². The summed E-state index contributed by atoms with van der Waals surface area (Å²) in [5.74, 6) is -1.95. The lowest BCUT2D eigenvalue weighted by molar-refractivity contribution is -0.147. The summed E-state index contributed by atoms with van der Waals surface area (Å²) in [6.45, 7) is 4.25. The maximum atomic E-state index is 12.5. The molecule has 0 aliphatic carbocycles. The molecule has 0 fully saturated rings. The molecule has 116 valence electrons. The van der Waals surface area contributed by atoms with Gasteiger partial charge in [-0.1, -0.05) is 19.1 Å². The number of likely N-dealkylation sites (N-methyl/N-ethyl adjacent to an activating group) is 1. The number of aliphatic carboxylic acids is 1. The van der Waals surface area contributed by atoms with Crippen molar-refractivity contribution in [3.8, 4) is 0 Å². The average molecular weight is 313 g/mol. The van der Waals surface area contributed by atoms with Gasteiger partial charge in [-0.15, -0.1) is 0 Å². The normalized spacial score (nSPS) is 12.0. The molecule has 1 amide bonds. The smallest absolute Gasteiger partial charge is 0.329 e. The second-order valence-electron chi connectivity index (χ2n) is 5.13. The third-order valence-electron chi connectivity index (χ3n) is 3.50. The minimum atomic E-state index is -3.57. The first kappa shape index (κ1) is 17.2. The molecule has 6 nitrogen and oxygen atoms in total. The Balaban J connectivity index is 3.37. The number of sulfone groups is 1. The van der Waals surface area contributed by atoms with E-state index in [1.54, 1.807) is 6.07 Å². The van der Waals surface area contributed by atoms with Crippen molar-refractivity contribution < 1.29 is 23.1 Å². The summed E-state index contributed by atoms with van der Waals surface area (Å²) in [6, 6.07) is 5.82. The fraction of sp³-hybridized carbons (Fsp3) is 0.429. The quantitative estimate of drug-likeness (QED) is 0.887. The minimum Gasteiger partial charge on any atom is -0.480 e. The third-order valence-corrected chi connectivity index (χ3v) is 5.29. The second kappa shape index (κ2) is 5.85.